The minimum atomic E-state index is -3.53. The predicted molar refractivity (Wildman–Crippen MR) is 59.5 cm³/mol. The Hall–Kier alpha value is -0.320. The van der Waals surface area contributed by atoms with E-state index in [1.165, 1.54) is 12.1 Å². The molecule has 0 atom stereocenters. The summed E-state index contributed by atoms with van der Waals surface area (Å²) >= 11 is 5.68. The van der Waals surface area contributed by atoms with Crippen LogP contribution in [0.4, 0.5) is 4.39 Å². The molecule has 0 aliphatic rings. The fourth-order valence-corrected chi connectivity index (χ4v) is 2.07. The highest BCUT2D eigenvalue weighted by Crippen LogP contribution is 2.23. The third-order valence-corrected chi connectivity index (χ3v) is 3.69. The van der Waals surface area contributed by atoms with Gasteiger partial charge in [-0.05, 0) is 30.5 Å². The van der Waals surface area contributed by atoms with Crippen molar-refractivity contribution in [1.29, 1.82) is 0 Å². The van der Waals surface area contributed by atoms with E-state index in [0.717, 1.165) is 0 Å². The first kappa shape index (κ1) is 12.7. The standard InChI is InChI=1S/C9H9Cl2FO2S/c1-6-7(4-5-15(11,13)14)2-3-8(12)9(6)10/h2-3H,4-5H2,1H3. The number of hydrogen-bond donors (Lipinski definition) is 0. The highest BCUT2D eigenvalue weighted by Gasteiger charge is 2.11. The molecule has 0 aliphatic carbocycles. The van der Waals surface area contributed by atoms with Crippen molar-refractivity contribution in [2.24, 2.45) is 0 Å². The molecule has 1 aromatic rings. The second-order valence-corrected chi connectivity index (χ2v) is 6.41. The monoisotopic (exact) mass is 270 g/mol. The summed E-state index contributed by atoms with van der Waals surface area (Å²) in [7, 11) is 1.54. The summed E-state index contributed by atoms with van der Waals surface area (Å²) in [6.07, 6.45) is 0.234. The molecule has 0 amide bonds. The molecule has 1 aromatic carbocycles. The summed E-state index contributed by atoms with van der Waals surface area (Å²) in [5, 5.41) is 0.0273. The van der Waals surface area contributed by atoms with Gasteiger partial charge in [-0.3, -0.25) is 0 Å². The third kappa shape index (κ3) is 3.63. The lowest BCUT2D eigenvalue weighted by molar-refractivity contribution is 0.608. The van der Waals surface area contributed by atoms with Gasteiger partial charge in [-0.15, -0.1) is 0 Å². The second kappa shape index (κ2) is 4.68. The molecule has 1 rings (SSSR count). The van der Waals surface area contributed by atoms with E-state index in [2.05, 4.69) is 0 Å². The topological polar surface area (TPSA) is 34.1 Å². The maximum Gasteiger partial charge on any atom is 0.232 e. The van der Waals surface area contributed by atoms with Gasteiger partial charge in [0, 0.05) is 10.7 Å². The molecule has 0 aromatic heterocycles. The molecule has 84 valence electrons. The van der Waals surface area contributed by atoms with Crippen LogP contribution in [0.25, 0.3) is 0 Å². The van der Waals surface area contributed by atoms with Crippen molar-refractivity contribution in [3.05, 3.63) is 34.1 Å². The summed E-state index contributed by atoms with van der Waals surface area (Å²) < 4.78 is 34.4. The van der Waals surface area contributed by atoms with Gasteiger partial charge in [-0.25, -0.2) is 12.8 Å². The fraction of sp³-hybridized carbons (Fsp3) is 0.333. The van der Waals surface area contributed by atoms with E-state index in [-0.39, 0.29) is 17.2 Å². The largest absolute Gasteiger partial charge is 0.232 e. The summed E-state index contributed by atoms with van der Waals surface area (Å²) in [6.45, 7) is 1.64. The lowest BCUT2D eigenvalue weighted by Gasteiger charge is -2.06. The zero-order chi connectivity index (χ0) is 11.6. The third-order valence-electron chi connectivity index (χ3n) is 2.07. The first-order chi connectivity index (χ1) is 6.81. The quantitative estimate of drug-likeness (QED) is 0.792. The van der Waals surface area contributed by atoms with Gasteiger partial charge in [-0.1, -0.05) is 17.7 Å². The van der Waals surface area contributed by atoms with Crippen LogP contribution in [0.2, 0.25) is 5.02 Å². The lowest BCUT2D eigenvalue weighted by atomic mass is 10.1. The fourth-order valence-electron chi connectivity index (χ4n) is 1.19. The highest BCUT2D eigenvalue weighted by atomic mass is 35.7. The van der Waals surface area contributed by atoms with Crippen molar-refractivity contribution in [3.8, 4) is 0 Å². The minimum absolute atomic E-state index is 0.0273. The first-order valence-electron chi connectivity index (χ1n) is 4.17. The van der Waals surface area contributed by atoms with Crippen molar-refractivity contribution in [1.82, 2.24) is 0 Å². The molecular weight excluding hydrogens is 262 g/mol. The Bertz CT molecular complexity index is 471. The molecule has 0 aliphatic heterocycles. The number of halogens is 3. The van der Waals surface area contributed by atoms with Crippen LogP contribution in [0.3, 0.4) is 0 Å². The van der Waals surface area contributed by atoms with Gasteiger partial charge >= 0.3 is 0 Å². The van der Waals surface area contributed by atoms with E-state index in [4.69, 9.17) is 22.3 Å². The Balaban J connectivity index is 2.93. The van der Waals surface area contributed by atoms with Gasteiger partial charge in [0.05, 0.1) is 10.8 Å². The average Bonchev–Trinajstić information content (AvgIpc) is 2.12. The van der Waals surface area contributed by atoms with Crippen molar-refractivity contribution in [3.63, 3.8) is 0 Å². The molecule has 0 radical (unpaired) electrons. The summed E-state index contributed by atoms with van der Waals surface area (Å²) in [5.74, 6) is -0.691. The predicted octanol–water partition coefficient (Wildman–Crippen LogP) is 2.90. The normalized spacial score (nSPS) is 11.7. The van der Waals surface area contributed by atoms with Gasteiger partial charge in [0.1, 0.15) is 5.82 Å². The number of hydrogen-bond acceptors (Lipinski definition) is 2. The van der Waals surface area contributed by atoms with Crippen LogP contribution in [-0.2, 0) is 15.5 Å². The molecule has 6 heteroatoms. The van der Waals surface area contributed by atoms with Crippen molar-refractivity contribution in [2.45, 2.75) is 13.3 Å². The van der Waals surface area contributed by atoms with Crippen LogP contribution in [0.5, 0.6) is 0 Å². The zero-order valence-electron chi connectivity index (χ0n) is 7.93. The molecule has 0 unspecified atom stereocenters. The molecular formula is C9H9Cl2FO2S. The molecule has 0 heterocycles. The molecule has 15 heavy (non-hydrogen) atoms. The maximum absolute atomic E-state index is 13.0. The Kier molecular flexibility index (Phi) is 3.98. The van der Waals surface area contributed by atoms with E-state index in [9.17, 15) is 12.8 Å². The molecule has 0 fully saturated rings. The van der Waals surface area contributed by atoms with Crippen LogP contribution in [0.1, 0.15) is 11.1 Å². The van der Waals surface area contributed by atoms with Crippen LogP contribution in [0.15, 0.2) is 12.1 Å². The van der Waals surface area contributed by atoms with Crippen LogP contribution < -0.4 is 0 Å². The van der Waals surface area contributed by atoms with Gasteiger partial charge in [0.15, 0.2) is 0 Å². The van der Waals surface area contributed by atoms with Crippen LogP contribution in [0, 0.1) is 12.7 Å². The van der Waals surface area contributed by atoms with E-state index in [1.807, 2.05) is 0 Å². The average molecular weight is 271 g/mol. The second-order valence-electron chi connectivity index (χ2n) is 3.14. The summed E-state index contributed by atoms with van der Waals surface area (Å²) in [6, 6.07) is 2.73. The van der Waals surface area contributed by atoms with Crippen molar-refractivity contribution >= 4 is 31.3 Å². The zero-order valence-corrected chi connectivity index (χ0v) is 10.3. The Labute approximate surface area is 97.4 Å². The summed E-state index contributed by atoms with van der Waals surface area (Å²) in [5.41, 5.74) is 1.24. The van der Waals surface area contributed by atoms with Crippen molar-refractivity contribution in [2.75, 3.05) is 5.75 Å². The van der Waals surface area contributed by atoms with Gasteiger partial charge in [0.2, 0.25) is 9.05 Å². The molecule has 0 saturated carbocycles. The maximum atomic E-state index is 13.0. The van der Waals surface area contributed by atoms with Crippen LogP contribution >= 0.6 is 22.3 Å². The highest BCUT2D eigenvalue weighted by molar-refractivity contribution is 8.13. The molecule has 0 bridgehead atoms. The smallest absolute Gasteiger partial charge is 0.212 e. The van der Waals surface area contributed by atoms with E-state index < -0.39 is 14.9 Å². The van der Waals surface area contributed by atoms with Gasteiger partial charge < -0.3 is 0 Å². The first-order valence-corrected chi connectivity index (χ1v) is 7.02. The number of aryl methyl sites for hydroxylation is 1. The molecule has 0 N–H and O–H groups in total. The van der Waals surface area contributed by atoms with E-state index in [1.54, 1.807) is 6.92 Å². The summed E-state index contributed by atoms with van der Waals surface area (Å²) in [4.78, 5) is 0. The van der Waals surface area contributed by atoms with E-state index >= 15 is 0 Å². The van der Waals surface area contributed by atoms with E-state index in [0.29, 0.717) is 11.1 Å². The number of benzene rings is 1. The molecule has 0 saturated heterocycles. The molecule has 2 nitrogen and oxygen atoms in total. The minimum Gasteiger partial charge on any atom is -0.212 e. The molecule has 0 spiro atoms. The Morgan fingerprint density at radius 2 is 2.00 bits per heavy atom. The van der Waals surface area contributed by atoms with Gasteiger partial charge in [0.25, 0.3) is 0 Å². The van der Waals surface area contributed by atoms with Crippen LogP contribution in [-0.4, -0.2) is 14.2 Å². The SMILES string of the molecule is Cc1c(CCS(=O)(=O)Cl)ccc(F)c1Cl. The number of rotatable bonds is 3. The lowest BCUT2D eigenvalue weighted by Crippen LogP contribution is -2.03. The van der Waals surface area contributed by atoms with Crippen molar-refractivity contribution < 1.29 is 12.8 Å². The Morgan fingerprint density at radius 1 is 1.40 bits per heavy atom. The Morgan fingerprint density at radius 3 is 2.53 bits per heavy atom. The van der Waals surface area contributed by atoms with Gasteiger partial charge in [-0.2, -0.15) is 0 Å².